The van der Waals surface area contributed by atoms with Crippen LogP contribution in [0, 0.1) is 0 Å². The van der Waals surface area contributed by atoms with Crippen LogP contribution in [0.15, 0.2) is 65.3 Å². The molecule has 0 bridgehead atoms. The molecule has 1 aliphatic carbocycles. The van der Waals surface area contributed by atoms with Crippen molar-refractivity contribution in [2.45, 2.75) is 18.9 Å². The van der Waals surface area contributed by atoms with Crippen molar-refractivity contribution in [1.29, 1.82) is 0 Å². The number of nitrogens with zero attached hydrogens (tertiary/aromatic N) is 2. The van der Waals surface area contributed by atoms with Gasteiger partial charge in [0.15, 0.2) is 5.60 Å². The van der Waals surface area contributed by atoms with Gasteiger partial charge in [0.2, 0.25) is 0 Å². The first-order valence-corrected chi connectivity index (χ1v) is 9.10. The number of hydrogen-bond donors (Lipinski definition) is 0. The van der Waals surface area contributed by atoms with Crippen LogP contribution >= 0.6 is 0 Å². The van der Waals surface area contributed by atoms with Gasteiger partial charge in [-0.2, -0.15) is 0 Å². The molecule has 1 atom stereocenters. The highest BCUT2D eigenvalue weighted by Crippen LogP contribution is 2.32. The predicted octanol–water partition coefficient (Wildman–Crippen LogP) is 4.18. The third-order valence-electron chi connectivity index (χ3n) is 4.93. The summed E-state index contributed by atoms with van der Waals surface area (Å²) in [7, 11) is 1.52. The Hall–Kier alpha value is -3.25. The van der Waals surface area contributed by atoms with E-state index in [1.54, 1.807) is 13.0 Å². The predicted molar refractivity (Wildman–Crippen MR) is 105 cm³/mol. The molecule has 0 N–H and O–H groups in total. The summed E-state index contributed by atoms with van der Waals surface area (Å²) in [5.74, 6) is -0.368. The van der Waals surface area contributed by atoms with E-state index in [-0.39, 0.29) is 5.97 Å². The fraction of sp³-hybridized carbons (Fsp3) is 0.227. The van der Waals surface area contributed by atoms with Crippen LogP contribution in [0.3, 0.4) is 0 Å². The fourth-order valence-electron chi connectivity index (χ4n) is 3.32. The highest BCUT2D eigenvalue weighted by atomic mass is 16.6. The molecule has 0 saturated heterocycles. The van der Waals surface area contributed by atoms with E-state index in [1.165, 1.54) is 7.11 Å². The van der Waals surface area contributed by atoms with Crippen LogP contribution in [0.1, 0.15) is 18.9 Å². The Morgan fingerprint density at radius 2 is 1.89 bits per heavy atom. The third-order valence-corrected chi connectivity index (χ3v) is 4.93. The molecule has 0 amide bonds. The number of fused-ring (bicyclic) bond motifs is 1. The van der Waals surface area contributed by atoms with Crippen LogP contribution in [0.25, 0.3) is 27.7 Å². The Balaban J connectivity index is 1.62. The van der Waals surface area contributed by atoms with Gasteiger partial charge in [0.1, 0.15) is 11.0 Å². The van der Waals surface area contributed by atoms with Crippen LogP contribution in [0.2, 0.25) is 0 Å². The van der Waals surface area contributed by atoms with Gasteiger partial charge in [-0.05, 0) is 63.8 Å². The van der Waals surface area contributed by atoms with E-state index in [1.807, 2.05) is 48.6 Å². The zero-order chi connectivity index (χ0) is 19.6. The first kappa shape index (κ1) is 18.1. The lowest BCUT2D eigenvalue weighted by Gasteiger charge is -2.28. The van der Waals surface area contributed by atoms with Crippen LogP contribution in [-0.2, 0) is 14.3 Å². The van der Waals surface area contributed by atoms with E-state index in [2.05, 4.69) is 16.4 Å². The summed E-state index contributed by atoms with van der Waals surface area (Å²) in [5, 5.41) is 7.75. The molecule has 0 spiro atoms. The van der Waals surface area contributed by atoms with E-state index < -0.39 is 5.60 Å². The van der Waals surface area contributed by atoms with Gasteiger partial charge in [-0.1, -0.05) is 36.4 Å². The van der Waals surface area contributed by atoms with Crippen LogP contribution in [0.4, 0.5) is 0 Å². The number of carbonyl (C=O) groups excluding carboxylic acids is 1. The molecule has 4 rings (SSSR count). The molecular formula is C22H20N2O4. The lowest BCUT2D eigenvalue weighted by molar-refractivity contribution is -0.162. The molecule has 0 radical (unpaired) electrons. The van der Waals surface area contributed by atoms with Crippen molar-refractivity contribution < 1.29 is 18.9 Å². The lowest BCUT2D eigenvalue weighted by atomic mass is 9.88. The minimum Gasteiger partial charge on any atom is -0.464 e. The number of allylic oxidation sites excluding steroid dienone is 2. The Bertz CT molecular complexity index is 1080. The number of ether oxygens (including phenoxy) is 2. The molecular weight excluding hydrogens is 356 g/mol. The number of carbonyl (C=O) groups is 1. The summed E-state index contributed by atoms with van der Waals surface area (Å²) in [6, 6.07) is 14.0. The molecule has 0 fully saturated rings. The van der Waals surface area contributed by atoms with Gasteiger partial charge in [0.05, 0.1) is 6.61 Å². The van der Waals surface area contributed by atoms with E-state index in [4.69, 9.17) is 14.1 Å². The molecule has 1 heterocycles. The number of hydrogen-bond acceptors (Lipinski definition) is 6. The summed E-state index contributed by atoms with van der Waals surface area (Å²) >= 11 is 0. The average Bonchev–Trinajstić information content (AvgIpc) is 3.22. The zero-order valence-corrected chi connectivity index (χ0v) is 15.7. The first-order chi connectivity index (χ1) is 13.6. The standard InChI is InChI=1S/C22H20N2O4/c1-3-27-21(25)22(26-2)11-9-15(10-12-22)16-5-4-6-17(13-16)18-7-8-19-20(14-18)24-28-23-19/h4-11,13-14H,3,12H2,1-2H3. The van der Waals surface area contributed by atoms with Crippen LogP contribution < -0.4 is 0 Å². The summed E-state index contributed by atoms with van der Waals surface area (Å²) in [6.07, 6.45) is 6.12. The SMILES string of the molecule is CCOC(=O)C1(OC)C=CC(c2cccc(-c3ccc4nonc4c3)c2)=CC1. The number of rotatable bonds is 5. The van der Waals surface area contributed by atoms with Crippen LogP contribution in [-0.4, -0.2) is 35.6 Å². The monoisotopic (exact) mass is 376 g/mol. The van der Waals surface area contributed by atoms with Crippen LogP contribution in [0.5, 0.6) is 0 Å². The maximum Gasteiger partial charge on any atom is 0.342 e. The maximum absolute atomic E-state index is 12.3. The van der Waals surface area contributed by atoms with Crippen molar-refractivity contribution in [3.8, 4) is 11.1 Å². The quantitative estimate of drug-likeness (QED) is 0.622. The van der Waals surface area contributed by atoms with Crippen molar-refractivity contribution in [1.82, 2.24) is 10.3 Å². The molecule has 3 aromatic rings. The number of methoxy groups -OCH3 is 1. The van der Waals surface area contributed by atoms with Gasteiger partial charge in [0, 0.05) is 13.5 Å². The zero-order valence-electron chi connectivity index (χ0n) is 15.7. The normalized spacial score (nSPS) is 18.9. The van der Waals surface area contributed by atoms with Crippen molar-refractivity contribution in [2.24, 2.45) is 0 Å². The van der Waals surface area contributed by atoms with E-state index in [0.29, 0.717) is 13.0 Å². The first-order valence-electron chi connectivity index (χ1n) is 9.10. The molecule has 142 valence electrons. The van der Waals surface area contributed by atoms with Gasteiger partial charge in [0.25, 0.3) is 0 Å². The second kappa shape index (κ2) is 7.40. The molecule has 0 saturated carbocycles. The molecule has 1 aromatic heterocycles. The number of aromatic nitrogens is 2. The van der Waals surface area contributed by atoms with Crippen molar-refractivity contribution in [3.63, 3.8) is 0 Å². The van der Waals surface area contributed by atoms with Crippen molar-refractivity contribution in [3.05, 3.63) is 66.3 Å². The summed E-state index contributed by atoms with van der Waals surface area (Å²) < 4.78 is 15.4. The van der Waals surface area contributed by atoms with Gasteiger partial charge < -0.3 is 9.47 Å². The molecule has 6 nitrogen and oxygen atoms in total. The number of esters is 1. The Labute approximate surface area is 162 Å². The molecule has 28 heavy (non-hydrogen) atoms. The molecule has 6 heteroatoms. The lowest BCUT2D eigenvalue weighted by Crippen LogP contribution is -2.40. The minimum atomic E-state index is -1.05. The second-order valence-electron chi connectivity index (χ2n) is 6.56. The topological polar surface area (TPSA) is 74.5 Å². The third kappa shape index (κ3) is 3.23. The molecule has 1 aliphatic rings. The molecule has 2 aromatic carbocycles. The van der Waals surface area contributed by atoms with E-state index in [0.717, 1.165) is 33.3 Å². The summed E-state index contributed by atoms with van der Waals surface area (Å²) in [4.78, 5) is 12.3. The van der Waals surface area contributed by atoms with Gasteiger partial charge in [-0.25, -0.2) is 9.42 Å². The highest BCUT2D eigenvalue weighted by molar-refractivity contribution is 5.88. The van der Waals surface area contributed by atoms with Gasteiger partial charge in [-0.15, -0.1) is 0 Å². The Morgan fingerprint density at radius 3 is 2.64 bits per heavy atom. The molecule has 0 aliphatic heterocycles. The smallest absolute Gasteiger partial charge is 0.342 e. The van der Waals surface area contributed by atoms with Gasteiger partial charge >= 0.3 is 5.97 Å². The summed E-state index contributed by atoms with van der Waals surface area (Å²) in [6.45, 7) is 2.11. The Morgan fingerprint density at radius 1 is 1.11 bits per heavy atom. The van der Waals surface area contributed by atoms with Gasteiger partial charge in [-0.3, -0.25) is 0 Å². The maximum atomic E-state index is 12.3. The Kier molecular flexibility index (Phi) is 4.79. The van der Waals surface area contributed by atoms with E-state index in [9.17, 15) is 4.79 Å². The highest BCUT2D eigenvalue weighted by Gasteiger charge is 2.38. The van der Waals surface area contributed by atoms with E-state index >= 15 is 0 Å². The fourth-order valence-corrected chi connectivity index (χ4v) is 3.32. The number of benzene rings is 2. The second-order valence-corrected chi connectivity index (χ2v) is 6.56. The summed E-state index contributed by atoms with van der Waals surface area (Å²) in [5.41, 5.74) is 4.58. The largest absolute Gasteiger partial charge is 0.464 e. The van der Waals surface area contributed by atoms with Crippen molar-refractivity contribution in [2.75, 3.05) is 13.7 Å². The van der Waals surface area contributed by atoms with Crippen molar-refractivity contribution >= 4 is 22.6 Å². The minimum absolute atomic E-state index is 0.321. The average molecular weight is 376 g/mol. The molecule has 1 unspecified atom stereocenters.